The zero-order chi connectivity index (χ0) is 32.7. The normalized spacial score (nSPS) is 27.8. The minimum Gasteiger partial charge on any atom is -0.510 e. The summed E-state index contributed by atoms with van der Waals surface area (Å²) in [7, 11) is 2.98. The number of aromatic hydroxyl groups is 1. The van der Waals surface area contributed by atoms with Gasteiger partial charge in [0.2, 0.25) is 5.78 Å². The molecule has 0 spiro atoms. The van der Waals surface area contributed by atoms with Gasteiger partial charge in [-0.1, -0.05) is 43.3 Å². The molecule has 3 aliphatic rings. The number of amides is 1. The van der Waals surface area contributed by atoms with Crippen molar-refractivity contribution in [2.75, 3.05) is 19.4 Å². The first kappa shape index (κ1) is 30.5. The molecule has 0 fully saturated rings. The highest BCUT2D eigenvalue weighted by molar-refractivity contribution is 7.16. The van der Waals surface area contributed by atoms with Crippen molar-refractivity contribution in [3.8, 4) is 17.0 Å². The fraction of sp³-hybridized carbons (Fsp3) is 0.312. The number of nitrogens with one attached hydrogen (secondary N) is 1. The molecule has 234 valence electrons. The Labute approximate surface area is 261 Å². The average molecular weight is 633 g/mol. The largest absolute Gasteiger partial charge is 0.510 e. The number of likely N-dealkylation sites (N-methyl/N-ethyl adjacent to an activating group) is 1. The molecule has 0 saturated carbocycles. The molecule has 8 N–H and O–H groups in total. The van der Waals surface area contributed by atoms with Crippen LogP contribution >= 0.6 is 11.3 Å². The number of nitrogens with zero attached hydrogens (tertiary/aromatic N) is 2. The predicted octanol–water partition coefficient (Wildman–Crippen LogP) is 2.83. The van der Waals surface area contributed by atoms with Crippen molar-refractivity contribution in [3.05, 3.63) is 81.1 Å². The number of ketones is 2. The van der Waals surface area contributed by atoms with Gasteiger partial charge in [0.1, 0.15) is 17.1 Å². The molecule has 6 atom stereocenters. The Bertz CT molecular complexity index is 1850. The summed E-state index contributed by atoms with van der Waals surface area (Å²) < 4.78 is 0. The van der Waals surface area contributed by atoms with Crippen LogP contribution in [0.5, 0.6) is 5.75 Å². The molecule has 3 aromatic rings. The topological polar surface area (TPSA) is 207 Å². The maximum atomic E-state index is 14.1. The fourth-order valence-electron chi connectivity index (χ4n) is 7.15. The van der Waals surface area contributed by atoms with Crippen molar-refractivity contribution < 1.29 is 39.9 Å². The van der Waals surface area contributed by atoms with Crippen LogP contribution in [0.25, 0.3) is 11.3 Å². The second-order valence-corrected chi connectivity index (χ2v) is 13.1. The van der Waals surface area contributed by atoms with Gasteiger partial charge in [0, 0.05) is 21.9 Å². The molecule has 13 heteroatoms. The number of nitrogens with two attached hydrogens (primary N) is 1. The first-order chi connectivity index (χ1) is 21.2. The molecule has 12 nitrogen and oxygen atoms in total. The van der Waals surface area contributed by atoms with Crippen LogP contribution in [-0.2, 0) is 9.59 Å². The number of aliphatic hydroxyl groups is 4. The Morgan fingerprint density at radius 1 is 1.09 bits per heavy atom. The molecule has 1 amide bonds. The van der Waals surface area contributed by atoms with Crippen molar-refractivity contribution in [1.82, 2.24) is 9.88 Å². The summed E-state index contributed by atoms with van der Waals surface area (Å²) in [5.41, 5.74) is 3.01. The maximum absolute atomic E-state index is 14.1. The SMILES string of the molecule is Cc1sc(Nc2ccc3c(c2O)C(=O)C2=C(O)[C@@]4(O)C(=O)C(C(N)=O)=C(O)[C@H](N(C)C)[C@H]4[C@H](O)[C@H]2[C@@H]3C)nc1-c1ccccc1. The van der Waals surface area contributed by atoms with Crippen LogP contribution in [-0.4, -0.2) is 84.7 Å². The second kappa shape index (κ2) is 10.5. The number of phenols is 1. The lowest BCUT2D eigenvalue weighted by molar-refractivity contribution is -0.162. The van der Waals surface area contributed by atoms with Crippen LogP contribution in [0.1, 0.15) is 33.6 Å². The van der Waals surface area contributed by atoms with Crippen molar-refractivity contribution >= 4 is 39.6 Å². The highest BCUT2D eigenvalue weighted by Crippen LogP contribution is 2.56. The van der Waals surface area contributed by atoms with Crippen molar-refractivity contribution in [2.45, 2.75) is 37.5 Å². The summed E-state index contributed by atoms with van der Waals surface area (Å²) in [6.07, 6.45) is -1.66. The molecule has 45 heavy (non-hydrogen) atoms. The molecule has 1 aromatic heterocycles. The van der Waals surface area contributed by atoms with E-state index in [2.05, 4.69) is 10.3 Å². The molecule has 2 aromatic carbocycles. The molecular weight excluding hydrogens is 600 g/mol. The molecule has 1 heterocycles. The quantitative estimate of drug-likeness (QED) is 0.161. The summed E-state index contributed by atoms with van der Waals surface area (Å²) in [4.78, 5) is 46.9. The van der Waals surface area contributed by atoms with Crippen LogP contribution in [0.4, 0.5) is 10.8 Å². The number of hydrogen-bond acceptors (Lipinski definition) is 12. The van der Waals surface area contributed by atoms with Crippen molar-refractivity contribution in [3.63, 3.8) is 0 Å². The zero-order valence-corrected chi connectivity index (χ0v) is 25.6. The van der Waals surface area contributed by atoms with Gasteiger partial charge in [-0.2, -0.15) is 0 Å². The van der Waals surface area contributed by atoms with E-state index in [9.17, 15) is 39.9 Å². The first-order valence-corrected chi connectivity index (χ1v) is 15.0. The number of aliphatic hydroxyl groups excluding tert-OH is 3. The average Bonchev–Trinajstić information content (AvgIpc) is 3.35. The van der Waals surface area contributed by atoms with E-state index in [1.807, 2.05) is 37.3 Å². The van der Waals surface area contributed by atoms with Gasteiger partial charge in [-0.3, -0.25) is 19.3 Å². The number of benzene rings is 2. The number of carbonyl (C=O) groups is 3. The monoisotopic (exact) mass is 632 g/mol. The molecule has 0 bridgehead atoms. The number of thiazole rings is 1. The Morgan fingerprint density at radius 2 is 1.76 bits per heavy atom. The third kappa shape index (κ3) is 4.22. The van der Waals surface area contributed by atoms with Gasteiger partial charge < -0.3 is 36.6 Å². The van der Waals surface area contributed by atoms with E-state index in [0.717, 1.165) is 16.1 Å². The van der Waals surface area contributed by atoms with Crippen LogP contribution in [0.3, 0.4) is 0 Å². The number of aromatic nitrogens is 1. The number of hydrogen-bond donors (Lipinski definition) is 7. The van der Waals surface area contributed by atoms with Crippen molar-refractivity contribution in [2.24, 2.45) is 17.6 Å². The summed E-state index contributed by atoms with van der Waals surface area (Å²) in [5, 5.41) is 61.1. The lowest BCUT2D eigenvalue weighted by Crippen LogP contribution is -2.68. The van der Waals surface area contributed by atoms with E-state index >= 15 is 0 Å². The van der Waals surface area contributed by atoms with Gasteiger partial charge >= 0.3 is 0 Å². The molecule has 0 aliphatic heterocycles. The highest BCUT2D eigenvalue weighted by Gasteiger charge is 2.67. The third-order valence-corrected chi connectivity index (χ3v) is 10.1. The number of aryl methyl sites for hydroxylation is 1. The molecular formula is C32H32N4O8S. The van der Waals surface area contributed by atoms with E-state index in [1.54, 1.807) is 19.1 Å². The number of rotatable bonds is 5. The first-order valence-electron chi connectivity index (χ1n) is 14.2. The third-order valence-electron chi connectivity index (χ3n) is 9.22. The lowest BCUT2D eigenvalue weighted by Gasteiger charge is -2.53. The molecule has 0 saturated heterocycles. The summed E-state index contributed by atoms with van der Waals surface area (Å²) in [6.45, 7) is 3.59. The van der Waals surface area contributed by atoms with Gasteiger partial charge in [0.25, 0.3) is 5.91 Å². The number of fused-ring (bicyclic) bond motifs is 3. The number of Topliss-reactive ketones (excluding diaryl/α,β-unsaturated/α-hetero) is 2. The highest BCUT2D eigenvalue weighted by atomic mass is 32.1. The lowest BCUT2D eigenvalue weighted by atomic mass is 9.55. The van der Waals surface area contributed by atoms with E-state index in [4.69, 9.17) is 5.73 Å². The van der Waals surface area contributed by atoms with Gasteiger partial charge in [0.15, 0.2) is 22.3 Å². The van der Waals surface area contributed by atoms with Gasteiger partial charge in [0.05, 0.1) is 35.0 Å². The van der Waals surface area contributed by atoms with Gasteiger partial charge in [-0.25, -0.2) is 4.98 Å². The van der Waals surface area contributed by atoms with E-state index in [-0.39, 0.29) is 11.3 Å². The minimum atomic E-state index is -2.97. The number of phenolic OH excluding ortho intramolecular Hbond substituents is 1. The number of primary amides is 1. The molecule has 6 rings (SSSR count). The Hall–Kier alpha value is -4.56. The minimum absolute atomic E-state index is 0.152. The predicted molar refractivity (Wildman–Crippen MR) is 165 cm³/mol. The maximum Gasteiger partial charge on any atom is 0.255 e. The summed E-state index contributed by atoms with van der Waals surface area (Å²) in [5.74, 6) is -9.37. The van der Waals surface area contributed by atoms with Crippen LogP contribution in [0, 0.1) is 18.8 Å². The molecule has 0 unspecified atom stereocenters. The smallest absolute Gasteiger partial charge is 0.255 e. The Morgan fingerprint density at radius 3 is 2.38 bits per heavy atom. The van der Waals surface area contributed by atoms with E-state index in [1.165, 1.54) is 30.3 Å². The van der Waals surface area contributed by atoms with Crippen LogP contribution in [0.15, 0.2) is 65.1 Å². The van der Waals surface area contributed by atoms with Crippen LogP contribution < -0.4 is 11.1 Å². The standard InChI is InChI=1S/C32H32N4O8S/c1-12-15-10-11-16(34-31-35-22(13(2)45-31)14-8-6-5-7-9-14)24(37)18(15)25(38)19-17(12)26(39)21-23(36(3)4)27(40)20(30(33)43)29(42)32(21,44)28(19)41/h5-12,17,21,23,26,37,39-41,44H,1-4H3,(H2,33,43)(H,34,35)/t12-,17+,21+,23-,26-,32-/m1/s1. The zero-order valence-electron chi connectivity index (χ0n) is 24.8. The van der Waals surface area contributed by atoms with E-state index in [0.29, 0.717) is 10.7 Å². The van der Waals surface area contributed by atoms with E-state index < -0.39 is 81.4 Å². The molecule has 0 radical (unpaired) electrons. The Kier molecular flexibility index (Phi) is 7.12. The fourth-order valence-corrected chi connectivity index (χ4v) is 8.00. The summed E-state index contributed by atoms with van der Waals surface area (Å²) in [6, 6.07) is 11.4. The second-order valence-electron chi connectivity index (χ2n) is 11.9. The van der Waals surface area contributed by atoms with Crippen LogP contribution in [0.2, 0.25) is 0 Å². The number of carbonyl (C=O) groups excluding carboxylic acids is 3. The Balaban J connectivity index is 1.47. The van der Waals surface area contributed by atoms with Crippen molar-refractivity contribution in [1.29, 1.82) is 0 Å². The van der Waals surface area contributed by atoms with Gasteiger partial charge in [-0.15, -0.1) is 11.3 Å². The number of anilines is 2. The van der Waals surface area contributed by atoms with Gasteiger partial charge in [-0.05, 0) is 38.6 Å². The molecule has 3 aliphatic carbocycles. The summed E-state index contributed by atoms with van der Waals surface area (Å²) >= 11 is 1.35.